The third kappa shape index (κ3) is 4.67. The molecule has 2 amide bonds. The fraction of sp³-hybridized carbons (Fsp3) is 0.190. The van der Waals surface area contributed by atoms with Crippen LogP contribution in [0.15, 0.2) is 54.6 Å². The molecule has 0 fully saturated rings. The molecular formula is C21H20FN3O2. The number of fused-ring (bicyclic) bond motifs is 1. The monoisotopic (exact) mass is 365 g/mol. The van der Waals surface area contributed by atoms with Crippen LogP contribution in [0.4, 0.5) is 10.1 Å². The van der Waals surface area contributed by atoms with E-state index >= 15 is 0 Å². The Labute approximate surface area is 156 Å². The van der Waals surface area contributed by atoms with E-state index in [1.165, 1.54) is 19.1 Å². The number of aryl methyl sites for hydroxylation is 1. The quantitative estimate of drug-likeness (QED) is 0.721. The highest BCUT2D eigenvalue weighted by atomic mass is 19.1. The maximum atomic E-state index is 13.2. The molecule has 1 atom stereocenters. The minimum absolute atomic E-state index is 0.0212. The number of para-hydroxylation sites is 1. The van der Waals surface area contributed by atoms with Gasteiger partial charge in [-0.15, -0.1) is 0 Å². The van der Waals surface area contributed by atoms with Gasteiger partial charge in [0, 0.05) is 18.0 Å². The molecule has 3 aromatic rings. The summed E-state index contributed by atoms with van der Waals surface area (Å²) in [4.78, 5) is 28.6. The first-order chi connectivity index (χ1) is 12.9. The van der Waals surface area contributed by atoms with Crippen molar-refractivity contribution in [3.05, 3.63) is 71.7 Å². The summed E-state index contributed by atoms with van der Waals surface area (Å²) in [6, 6.07) is 14.6. The Balaban J connectivity index is 1.81. The molecule has 1 aromatic heterocycles. The Morgan fingerprint density at radius 2 is 1.81 bits per heavy atom. The van der Waals surface area contributed by atoms with E-state index in [-0.39, 0.29) is 24.1 Å². The number of halogens is 1. The van der Waals surface area contributed by atoms with Crippen molar-refractivity contribution in [2.24, 2.45) is 0 Å². The number of carbonyl (C=O) groups is 2. The molecule has 3 rings (SSSR count). The Hall–Kier alpha value is -3.28. The zero-order valence-electron chi connectivity index (χ0n) is 15.1. The van der Waals surface area contributed by atoms with Gasteiger partial charge in [0.15, 0.2) is 0 Å². The summed E-state index contributed by atoms with van der Waals surface area (Å²) < 4.78 is 13.2. The van der Waals surface area contributed by atoms with E-state index in [1.54, 1.807) is 18.2 Å². The van der Waals surface area contributed by atoms with Crippen LogP contribution in [-0.4, -0.2) is 16.8 Å². The van der Waals surface area contributed by atoms with Gasteiger partial charge in [-0.2, -0.15) is 0 Å². The third-order valence-electron chi connectivity index (χ3n) is 4.17. The van der Waals surface area contributed by atoms with Crippen molar-refractivity contribution in [3.8, 4) is 0 Å². The molecule has 27 heavy (non-hydrogen) atoms. The molecular weight excluding hydrogens is 345 g/mol. The number of carbonyl (C=O) groups excluding carboxylic acids is 2. The molecule has 138 valence electrons. The summed E-state index contributed by atoms with van der Waals surface area (Å²) in [6.07, 6.45) is 0.0212. The molecule has 0 saturated heterocycles. The van der Waals surface area contributed by atoms with Crippen molar-refractivity contribution >= 4 is 28.4 Å². The van der Waals surface area contributed by atoms with E-state index in [4.69, 9.17) is 0 Å². The van der Waals surface area contributed by atoms with Crippen molar-refractivity contribution in [2.45, 2.75) is 26.3 Å². The lowest BCUT2D eigenvalue weighted by Crippen LogP contribution is -2.29. The second-order valence-corrected chi connectivity index (χ2v) is 6.39. The van der Waals surface area contributed by atoms with Gasteiger partial charge in [-0.25, -0.2) is 4.39 Å². The second-order valence-electron chi connectivity index (χ2n) is 6.39. The second kappa shape index (κ2) is 7.95. The summed E-state index contributed by atoms with van der Waals surface area (Å²) in [7, 11) is 0. The van der Waals surface area contributed by atoms with Crippen LogP contribution in [0.5, 0.6) is 0 Å². The van der Waals surface area contributed by atoms with Gasteiger partial charge >= 0.3 is 0 Å². The number of nitrogens with one attached hydrogen (secondary N) is 2. The average Bonchev–Trinajstić information content (AvgIpc) is 2.62. The Kier molecular flexibility index (Phi) is 5.45. The normalized spacial score (nSPS) is 11.8. The molecule has 0 aliphatic heterocycles. The molecule has 0 radical (unpaired) electrons. The zero-order chi connectivity index (χ0) is 19.4. The van der Waals surface area contributed by atoms with Gasteiger partial charge in [0.25, 0.3) is 0 Å². The summed E-state index contributed by atoms with van der Waals surface area (Å²) in [5.74, 6) is -0.907. The largest absolute Gasteiger partial charge is 0.349 e. The van der Waals surface area contributed by atoms with Gasteiger partial charge in [0.05, 0.1) is 23.7 Å². The predicted molar refractivity (Wildman–Crippen MR) is 103 cm³/mol. The molecule has 0 aliphatic carbocycles. The number of rotatable bonds is 5. The van der Waals surface area contributed by atoms with Crippen LogP contribution in [0, 0.1) is 12.7 Å². The number of amides is 2. The van der Waals surface area contributed by atoms with Crippen molar-refractivity contribution in [3.63, 3.8) is 0 Å². The van der Waals surface area contributed by atoms with Crippen LogP contribution in [0.25, 0.3) is 10.9 Å². The predicted octanol–water partition coefficient (Wildman–Crippen LogP) is 3.89. The summed E-state index contributed by atoms with van der Waals surface area (Å²) in [5.41, 5.74) is 2.84. The van der Waals surface area contributed by atoms with Crippen LogP contribution < -0.4 is 10.6 Å². The zero-order valence-corrected chi connectivity index (χ0v) is 15.1. The average molecular weight is 365 g/mol. The van der Waals surface area contributed by atoms with Gasteiger partial charge in [-0.05, 0) is 36.8 Å². The Morgan fingerprint density at radius 3 is 2.52 bits per heavy atom. The summed E-state index contributed by atoms with van der Waals surface area (Å²) in [5, 5.41) is 6.54. The fourth-order valence-electron chi connectivity index (χ4n) is 2.92. The van der Waals surface area contributed by atoms with Crippen molar-refractivity contribution in [1.82, 2.24) is 10.3 Å². The van der Waals surface area contributed by atoms with Gasteiger partial charge in [-0.3, -0.25) is 14.6 Å². The number of aromatic nitrogens is 1. The van der Waals surface area contributed by atoms with E-state index in [0.717, 1.165) is 11.1 Å². The number of nitrogens with zero attached hydrogens (tertiary/aromatic N) is 1. The summed E-state index contributed by atoms with van der Waals surface area (Å²) >= 11 is 0. The van der Waals surface area contributed by atoms with E-state index in [0.29, 0.717) is 16.8 Å². The fourth-order valence-corrected chi connectivity index (χ4v) is 2.92. The van der Waals surface area contributed by atoms with Crippen molar-refractivity contribution < 1.29 is 14.0 Å². The molecule has 0 saturated carbocycles. The lowest BCUT2D eigenvalue weighted by Gasteiger charge is -2.18. The molecule has 0 bridgehead atoms. The Bertz CT molecular complexity index is 986. The number of benzene rings is 2. The maximum Gasteiger partial charge on any atom is 0.226 e. The molecule has 1 heterocycles. The van der Waals surface area contributed by atoms with E-state index in [2.05, 4.69) is 15.6 Å². The first-order valence-electron chi connectivity index (χ1n) is 8.61. The van der Waals surface area contributed by atoms with Crippen LogP contribution in [0.3, 0.4) is 0 Å². The first-order valence-corrected chi connectivity index (χ1v) is 8.61. The molecule has 1 unspecified atom stereocenters. The molecule has 2 N–H and O–H groups in total. The van der Waals surface area contributed by atoms with Crippen LogP contribution in [0.2, 0.25) is 0 Å². The lowest BCUT2D eigenvalue weighted by molar-refractivity contribution is -0.120. The number of hydrogen-bond donors (Lipinski definition) is 2. The highest BCUT2D eigenvalue weighted by molar-refractivity contribution is 6.00. The van der Waals surface area contributed by atoms with Gasteiger partial charge in [0.2, 0.25) is 11.8 Å². The third-order valence-corrected chi connectivity index (χ3v) is 4.17. The van der Waals surface area contributed by atoms with E-state index in [9.17, 15) is 14.0 Å². The first kappa shape index (κ1) is 18.5. The lowest BCUT2D eigenvalue weighted by atomic mass is 10.0. The smallest absolute Gasteiger partial charge is 0.226 e. The number of anilines is 1. The topological polar surface area (TPSA) is 71.1 Å². The van der Waals surface area contributed by atoms with Crippen molar-refractivity contribution in [1.29, 1.82) is 0 Å². The molecule has 6 heteroatoms. The molecule has 5 nitrogen and oxygen atoms in total. The SMILES string of the molecule is CC(=O)NC(CC(=O)Nc1cccc2ccc(C)nc12)c1ccc(F)cc1. The van der Waals surface area contributed by atoms with Crippen LogP contribution in [-0.2, 0) is 9.59 Å². The van der Waals surface area contributed by atoms with Gasteiger partial charge in [-0.1, -0.05) is 30.3 Å². The minimum atomic E-state index is -0.548. The van der Waals surface area contributed by atoms with Crippen molar-refractivity contribution in [2.75, 3.05) is 5.32 Å². The minimum Gasteiger partial charge on any atom is -0.349 e. The van der Waals surface area contributed by atoms with E-state index < -0.39 is 6.04 Å². The Morgan fingerprint density at radius 1 is 1.07 bits per heavy atom. The van der Waals surface area contributed by atoms with Crippen LogP contribution in [0.1, 0.15) is 30.6 Å². The summed E-state index contributed by atoms with van der Waals surface area (Å²) in [6.45, 7) is 3.27. The highest BCUT2D eigenvalue weighted by Crippen LogP contribution is 2.23. The standard InChI is InChI=1S/C21H20FN3O2/c1-13-6-7-16-4-3-5-18(21(16)23-13)25-20(27)12-19(24-14(2)26)15-8-10-17(22)11-9-15/h3-11,19H,12H2,1-2H3,(H,24,26)(H,25,27). The highest BCUT2D eigenvalue weighted by Gasteiger charge is 2.18. The molecule has 0 spiro atoms. The maximum absolute atomic E-state index is 13.2. The van der Waals surface area contributed by atoms with E-state index in [1.807, 2.05) is 31.2 Å². The van der Waals surface area contributed by atoms with Gasteiger partial charge in [0.1, 0.15) is 5.82 Å². The molecule has 2 aromatic carbocycles. The number of hydrogen-bond acceptors (Lipinski definition) is 3. The van der Waals surface area contributed by atoms with Gasteiger partial charge < -0.3 is 10.6 Å². The number of pyridine rings is 1. The van der Waals surface area contributed by atoms with Crippen LogP contribution >= 0.6 is 0 Å². The molecule has 0 aliphatic rings.